The van der Waals surface area contributed by atoms with Gasteiger partial charge in [-0.15, -0.1) is 0 Å². The fourth-order valence-corrected chi connectivity index (χ4v) is 4.20. The molecular weight excluding hydrogens is 572 g/mol. The van der Waals surface area contributed by atoms with Gasteiger partial charge in [0.15, 0.2) is 0 Å². The lowest BCUT2D eigenvalue weighted by Crippen LogP contribution is -2.49. The molecule has 0 bridgehead atoms. The van der Waals surface area contributed by atoms with E-state index in [2.05, 4.69) is 0 Å². The Balaban J connectivity index is 2.57. The van der Waals surface area contributed by atoms with Crippen molar-refractivity contribution >= 4 is 53.2 Å². The molecule has 0 radical (unpaired) electrons. The number of rotatable bonds is 12. The molecule has 0 heterocycles. The zero-order chi connectivity index (χ0) is 33.2. The van der Waals surface area contributed by atoms with E-state index >= 15 is 0 Å². The van der Waals surface area contributed by atoms with Gasteiger partial charge in [-0.2, -0.15) is 0 Å². The summed E-state index contributed by atoms with van der Waals surface area (Å²) in [4.78, 5) is 76.1. The standard InChI is InChI=1S/C31H38N4O9/c1-5-6-9-16-34(30(43)44-31(2,3)4)26(37)22(32)18-19-12-14-23(20(17-19)13-15-25(33)36)35(27(38)29(41)42)24-11-8-7-10-21(24)28(39)40/h7-8,10-15,17,22H,5-6,9,16,18,32H2,1-4H3,(H2,33,36)(H,39,40)(H,41,42)/b15-13+/t22-/m0/s1. The molecule has 0 spiro atoms. The van der Waals surface area contributed by atoms with Crippen LogP contribution in [0.5, 0.6) is 0 Å². The molecule has 0 unspecified atom stereocenters. The molecule has 13 nitrogen and oxygen atoms in total. The highest BCUT2D eigenvalue weighted by molar-refractivity contribution is 6.39. The highest BCUT2D eigenvalue weighted by Crippen LogP contribution is 2.33. The Bertz CT molecular complexity index is 1450. The second-order valence-corrected chi connectivity index (χ2v) is 10.9. The van der Waals surface area contributed by atoms with Crippen LogP contribution in [0.15, 0.2) is 48.5 Å². The number of carboxylic acids is 2. The normalized spacial score (nSPS) is 11.9. The zero-order valence-corrected chi connectivity index (χ0v) is 25.1. The van der Waals surface area contributed by atoms with Gasteiger partial charge in [0.05, 0.1) is 23.0 Å². The predicted molar refractivity (Wildman–Crippen MR) is 162 cm³/mol. The number of hydrogen-bond donors (Lipinski definition) is 4. The average Bonchev–Trinajstić information content (AvgIpc) is 2.93. The molecule has 6 N–H and O–H groups in total. The molecule has 0 aliphatic carbocycles. The van der Waals surface area contributed by atoms with Gasteiger partial charge in [-0.25, -0.2) is 19.3 Å². The van der Waals surface area contributed by atoms with Crippen LogP contribution in [-0.4, -0.2) is 69.1 Å². The number of carbonyl (C=O) groups excluding carboxylic acids is 4. The molecule has 0 saturated carbocycles. The van der Waals surface area contributed by atoms with Crippen LogP contribution >= 0.6 is 0 Å². The van der Waals surface area contributed by atoms with Gasteiger partial charge in [-0.1, -0.05) is 38.0 Å². The summed E-state index contributed by atoms with van der Waals surface area (Å²) >= 11 is 0. The van der Waals surface area contributed by atoms with Gasteiger partial charge < -0.3 is 26.4 Å². The number of benzene rings is 2. The number of anilines is 2. The van der Waals surface area contributed by atoms with E-state index in [4.69, 9.17) is 16.2 Å². The van der Waals surface area contributed by atoms with E-state index in [0.29, 0.717) is 16.9 Å². The molecular formula is C31H38N4O9. The fourth-order valence-electron chi connectivity index (χ4n) is 4.20. The van der Waals surface area contributed by atoms with Crippen LogP contribution in [0.2, 0.25) is 0 Å². The molecule has 236 valence electrons. The minimum atomic E-state index is -1.86. The van der Waals surface area contributed by atoms with Crippen LogP contribution in [0.1, 0.15) is 68.4 Å². The number of amides is 4. The van der Waals surface area contributed by atoms with Gasteiger partial charge in [0.2, 0.25) is 11.8 Å². The van der Waals surface area contributed by atoms with E-state index < -0.39 is 47.4 Å². The molecule has 1 atom stereocenters. The van der Waals surface area contributed by atoms with Gasteiger partial charge in [0.1, 0.15) is 5.60 Å². The summed E-state index contributed by atoms with van der Waals surface area (Å²) < 4.78 is 5.41. The van der Waals surface area contributed by atoms with Gasteiger partial charge in [-0.3, -0.25) is 19.3 Å². The molecule has 0 aliphatic rings. The molecule has 13 heteroatoms. The van der Waals surface area contributed by atoms with Gasteiger partial charge in [0, 0.05) is 12.6 Å². The number of carbonyl (C=O) groups is 6. The molecule has 0 aromatic heterocycles. The first kappa shape index (κ1) is 35.2. The molecule has 0 fully saturated rings. The van der Waals surface area contributed by atoms with Crippen molar-refractivity contribution in [2.45, 2.75) is 65.0 Å². The summed E-state index contributed by atoms with van der Waals surface area (Å²) in [6, 6.07) is 8.35. The largest absolute Gasteiger partial charge is 0.478 e. The predicted octanol–water partition coefficient (Wildman–Crippen LogP) is 3.46. The van der Waals surface area contributed by atoms with Gasteiger partial charge in [-0.05, 0) is 75.1 Å². The van der Waals surface area contributed by atoms with Crippen molar-refractivity contribution in [3.63, 3.8) is 0 Å². The van der Waals surface area contributed by atoms with Crippen LogP contribution < -0.4 is 16.4 Å². The lowest BCUT2D eigenvalue weighted by molar-refractivity contribution is -0.148. The maximum absolute atomic E-state index is 13.3. The lowest BCUT2D eigenvalue weighted by Gasteiger charge is -2.28. The summed E-state index contributed by atoms with van der Waals surface area (Å²) in [6.07, 6.45) is 3.45. The Morgan fingerprint density at radius 2 is 1.64 bits per heavy atom. The van der Waals surface area contributed by atoms with Gasteiger partial charge in [0.25, 0.3) is 0 Å². The number of aromatic carboxylic acids is 1. The number of unbranched alkanes of at least 4 members (excludes halogenated alkanes) is 2. The van der Waals surface area contributed by atoms with Crippen LogP contribution in [0, 0.1) is 0 Å². The van der Waals surface area contributed by atoms with Crippen molar-refractivity contribution in [3.05, 3.63) is 65.2 Å². The summed E-state index contributed by atoms with van der Waals surface area (Å²) in [5.41, 5.74) is 10.5. The maximum Gasteiger partial charge on any atom is 0.417 e. The number of nitrogens with zero attached hydrogens (tertiary/aromatic N) is 2. The molecule has 2 rings (SSSR count). The topological polar surface area (TPSA) is 211 Å². The fraction of sp³-hybridized carbons (Fsp3) is 0.355. The second kappa shape index (κ2) is 15.4. The van der Waals surface area contributed by atoms with E-state index in [9.17, 15) is 39.0 Å². The van der Waals surface area contributed by atoms with Crippen LogP contribution in [0.4, 0.5) is 16.2 Å². The molecule has 4 amide bonds. The quantitative estimate of drug-likeness (QED) is 0.156. The third kappa shape index (κ3) is 9.76. The number of hydrogen-bond acceptors (Lipinski definition) is 8. The number of ether oxygens (including phenoxy) is 1. The number of carboxylic acid groups (broad SMARTS) is 2. The van der Waals surface area contributed by atoms with E-state index in [1.807, 2.05) is 6.92 Å². The number of primary amides is 1. The van der Waals surface area contributed by atoms with E-state index in [-0.39, 0.29) is 35.5 Å². The Morgan fingerprint density at radius 3 is 2.20 bits per heavy atom. The first-order valence-electron chi connectivity index (χ1n) is 13.9. The van der Waals surface area contributed by atoms with Crippen molar-refractivity contribution in [2.24, 2.45) is 11.5 Å². The first-order valence-corrected chi connectivity index (χ1v) is 13.9. The van der Waals surface area contributed by atoms with E-state index in [0.717, 1.165) is 23.8 Å². The Labute approximate surface area is 255 Å². The van der Waals surface area contributed by atoms with Crippen molar-refractivity contribution in [1.82, 2.24) is 4.90 Å². The van der Waals surface area contributed by atoms with Crippen molar-refractivity contribution in [3.8, 4) is 0 Å². The molecule has 0 saturated heterocycles. The van der Waals surface area contributed by atoms with E-state index in [1.165, 1.54) is 48.5 Å². The Kier molecular flexibility index (Phi) is 12.3. The molecule has 2 aromatic carbocycles. The number of aliphatic carboxylic acids is 1. The SMILES string of the molecule is CCCCCN(C(=O)OC(C)(C)C)C(=O)[C@@H](N)Cc1ccc(N(C(=O)C(=O)O)c2ccccc2C(=O)O)c(/C=C/C(N)=O)c1. The third-order valence-corrected chi connectivity index (χ3v) is 6.16. The van der Waals surface area contributed by atoms with Crippen molar-refractivity contribution in [1.29, 1.82) is 0 Å². The molecule has 0 aliphatic heterocycles. The lowest BCUT2D eigenvalue weighted by atomic mass is 9.99. The van der Waals surface area contributed by atoms with Gasteiger partial charge >= 0.3 is 23.9 Å². The van der Waals surface area contributed by atoms with E-state index in [1.54, 1.807) is 20.8 Å². The minimum absolute atomic E-state index is 0.0813. The third-order valence-electron chi connectivity index (χ3n) is 6.16. The molecule has 44 heavy (non-hydrogen) atoms. The summed E-state index contributed by atoms with van der Waals surface area (Å²) in [7, 11) is 0. The Hall–Kier alpha value is -5.04. The number of imide groups is 1. The first-order chi connectivity index (χ1) is 20.6. The highest BCUT2D eigenvalue weighted by atomic mass is 16.6. The van der Waals surface area contributed by atoms with Crippen molar-refractivity contribution < 1.29 is 43.7 Å². The maximum atomic E-state index is 13.3. The highest BCUT2D eigenvalue weighted by Gasteiger charge is 2.32. The second-order valence-electron chi connectivity index (χ2n) is 10.9. The smallest absolute Gasteiger partial charge is 0.417 e. The van der Waals surface area contributed by atoms with Crippen LogP contribution in [0.25, 0.3) is 6.08 Å². The monoisotopic (exact) mass is 610 g/mol. The summed E-state index contributed by atoms with van der Waals surface area (Å²) in [6.45, 7) is 7.11. The molecule has 2 aromatic rings. The number of para-hydroxylation sites is 1. The summed E-state index contributed by atoms with van der Waals surface area (Å²) in [5, 5.41) is 19.3. The minimum Gasteiger partial charge on any atom is -0.478 e. The Morgan fingerprint density at radius 1 is 0.977 bits per heavy atom. The number of nitrogens with two attached hydrogens (primary N) is 2. The average molecular weight is 611 g/mol. The van der Waals surface area contributed by atoms with Crippen molar-refractivity contribution in [2.75, 3.05) is 11.4 Å². The van der Waals surface area contributed by atoms with Crippen LogP contribution in [0.3, 0.4) is 0 Å². The van der Waals surface area contributed by atoms with Crippen LogP contribution in [-0.2, 0) is 30.3 Å². The zero-order valence-electron chi connectivity index (χ0n) is 25.1. The summed E-state index contributed by atoms with van der Waals surface area (Å²) in [5.74, 6) is -6.26.